The summed E-state index contributed by atoms with van der Waals surface area (Å²) in [6.45, 7) is 2.76. The fraction of sp³-hybridized carbons (Fsp3) is 0.333. The van der Waals surface area contributed by atoms with E-state index in [0.717, 1.165) is 17.5 Å². The molecule has 0 bridgehead atoms. The predicted molar refractivity (Wildman–Crippen MR) is 126 cm³/mol. The van der Waals surface area contributed by atoms with Crippen LogP contribution in [0.2, 0.25) is 0 Å². The fourth-order valence-corrected chi connectivity index (χ4v) is 5.12. The van der Waals surface area contributed by atoms with Crippen molar-refractivity contribution >= 4 is 11.8 Å². The van der Waals surface area contributed by atoms with Gasteiger partial charge in [-0.15, -0.1) is 0 Å². The summed E-state index contributed by atoms with van der Waals surface area (Å²) in [5.74, 6) is -0.672. The van der Waals surface area contributed by atoms with Crippen LogP contribution in [0, 0.1) is 11.6 Å². The van der Waals surface area contributed by atoms with Crippen molar-refractivity contribution in [3.8, 4) is 0 Å². The van der Waals surface area contributed by atoms with E-state index in [4.69, 9.17) is 4.42 Å². The summed E-state index contributed by atoms with van der Waals surface area (Å²) in [6.07, 6.45) is 2.87. The van der Waals surface area contributed by atoms with Crippen LogP contribution in [0.1, 0.15) is 40.6 Å². The number of amides is 2. The first kappa shape index (κ1) is 23.2. The van der Waals surface area contributed by atoms with Crippen LogP contribution in [0.4, 0.5) is 8.78 Å². The molecule has 1 unspecified atom stereocenters. The van der Waals surface area contributed by atoms with E-state index in [9.17, 15) is 18.4 Å². The minimum Gasteiger partial charge on any atom is -0.459 e. The van der Waals surface area contributed by atoms with Gasteiger partial charge in [-0.2, -0.15) is 0 Å². The molecule has 1 atom stereocenters. The van der Waals surface area contributed by atoms with Gasteiger partial charge in [0.15, 0.2) is 5.76 Å². The number of rotatable bonds is 5. The molecule has 0 N–H and O–H groups in total. The summed E-state index contributed by atoms with van der Waals surface area (Å²) in [6, 6.07) is 15.3. The lowest BCUT2D eigenvalue weighted by atomic mass is 9.96. The predicted octanol–water partition coefficient (Wildman–Crippen LogP) is 4.10. The van der Waals surface area contributed by atoms with E-state index in [1.165, 1.54) is 30.5 Å². The summed E-state index contributed by atoms with van der Waals surface area (Å²) >= 11 is 0. The molecule has 5 rings (SSSR count). The third-order valence-corrected chi connectivity index (χ3v) is 6.89. The van der Waals surface area contributed by atoms with E-state index in [0.29, 0.717) is 39.1 Å². The molecule has 2 aliphatic heterocycles. The van der Waals surface area contributed by atoms with Crippen molar-refractivity contribution in [2.75, 3.05) is 32.7 Å². The van der Waals surface area contributed by atoms with Crippen LogP contribution >= 0.6 is 0 Å². The lowest BCUT2D eigenvalue weighted by Crippen LogP contribution is -2.55. The molecule has 3 aromatic rings. The summed E-state index contributed by atoms with van der Waals surface area (Å²) in [5.41, 5.74) is 1.81. The molecule has 0 saturated carbocycles. The van der Waals surface area contributed by atoms with Crippen molar-refractivity contribution < 1.29 is 22.8 Å². The Morgan fingerprint density at radius 1 is 0.829 bits per heavy atom. The van der Waals surface area contributed by atoms with Gasteiger partial charge in [-0.25, -0.2) is 8.78 Å². The molecule has 1 aromatic heterocycles. The number of halogens is 2. The molecule has 0 aliphatic carbocycles. The van der Waals surface area contributed by atoms with Crippen LogP contribution in [0.15, 0.2) is 71.3 Å². The molecule has 35 heavy (non-hydrogen) atoms. The Hall–Kier alpha value is -3.52. The average Bonchev–Trinajstić information content (AvgIpc) is 3.59. The van der Waals surface area contributed by atoms with Crippen LogP contribution in [-0.2, 0) is 4.79 Å². The van der Waals surface area contributed by atoms with Crippen molar-refractivity contribution in [1.29, 1.82) is 0 Å². The molecule has 2 saturated heterocycles. The van der Waals surface area contributed by atoms with Gasteiger partial charge in [-0.3, -0.25) is 14.5 Å². The summed E-state index contributed by atoms with van der Waals surface area (Å²) in [4.78, 5) is 31.9. The van der Waals surface area contributed by atoms with Gasteiger partial charge in [-0.1, -0.05) is 24.3 Å². The summed E-state index contributed by atoms with van der Waals surface area (Å²) < 4.78 is 32.4. The number of furan rings is 1. The van der Waals surface area contributed by atoms with Crippen LogP contribution in [0.25, 0.3) is 0 Å². The van der Waals surface area contributed by atoms with Crippen molar-refractivity contribution in [2.45, 2.75) is 24.9 Å². The standard InChI is InChI=1S/C27H27F2N3O3/c28-21-9-5-19(6-10-21)25(20-7-11-22(29)12-8-20)30-14-16-31(17-15-30)26(33)23-3-1-13-32(23)27(34)24-4-2-18-35-24/h2,4-12,18,23,25H,1,3,13-17H2. The van der Waals surface area contributed by atoms with Crippen molar-refractivity contribution in [3.05, 3.63) is 95.4 Å². The number of carbonyl (C=O) groups is 2. The molecule has 2 aromatic carbocycles. The number of piperazine rings is 1. The number of benzene rings is 2. The van der Waals surface area contributed by atoms with Gasteiger partial charge in [0, 0.05) is 32.7 Å². The number of nitrogens with zero attached hydrogens (tertiary/aromatic N) is 3. The molecule has 8 heteroatoms. The minimum absolute atomic E-state index is 0.0397. The first-order valence-electron chi connectivity index (χ1n) is 11.9. The zero-order chi connectivity index (χ0) is 24.4. The molecular formula is C27H27F2N3O3. The monoisotopic (exact) mass is 479 g/mol. The third kappa shape index (κ3) is 4.84. The normalized spacial score (nSPS) is 18.9. The van der Waals surface area contributed by atoms with Gasteiger partial charge in [0.2, 0.25) is 5.91 Å². The Labute approximate surface area is 202 Å². The van der Waals surface area contributed by atoms with Gasteiger partial charge in [-0.05, 0) is 60.4 Å². The third-order valence-electron chi connectivity index (χ3n) is 6.89. The second kappa shape index (κ2) is 10.00. The van der Waals surface area contributed by atoms with Crippen molar-refractivity contribution in [2.24, 2.45) is 0 Å². The highest BCUT2D eigenvalue weighted by Gasteiger charge is 2.39. The SMILES string of the molecule is O=C(C1CCCN1C(=O)c1ccco1)N1CCN(C(c2ccc(F)cc2)c2ccc(F)cc2)CC1. The quantitative estimate of drug-likeness (QED) is 0.553. The Morgan fingerprint density at radius 3 is 1.97 bits per heavy atom. The van der Waals surface area contributed by atoms with Crippen LogP contribution < -0.4 is 0 Å². The van der Waals surface area contributed by atoms with Gasteiger partial charge >= 0.3 is 0 Å². The fourth-order valence-electron chi connectivity index (χ4n) is 5.12. The number of likely N-dealkylation sites (tertiary alicyclic amines) is 1. The Balaban J connectivity index is 1.29. The molecule has 182 valence electrons. The van der Waals surface area contributed by atoms with Gasteiger partial charge in [0.05, 0.1) is 12.3 Å². The molecule has 2 aliphatic rings. The van der Waals surface area contributed by atoms with Crippen molar-refractivity contribution in [1.82, 2.24) is 14.7 Å². The second-order valence-electron chi connectivity index (χ2n) is 9.00. The first-order valence-corrected chi connectivity index (χ1v) is 11.9. The zero-order valence-electron chi connectivity index (χ0n) is 19.3. The second-order valence-corrected chi connectivity index (χ2v) is 9.00. The van der Waals surface area contributed by atoms with Gasteiger partial charge < -0.3 is 14.2 Å². The lowest BCUT2D eigenvalue weighted by molar-refractivity contribution is -0.137. The highest BCUT2D eigenvalue weighted by molar-refractivity contribution is 5.96. The average molecular weight is 480 g/mol. The molecule has 0 radical (unpaired) electrons. The van der Waals surface area contributed by atoms with E-state index in [1.54, 1.807) is 41.3 Å². The van der Waals surface area contributed by atoms with E-state index in [1.807, 2.05) is 4.90 Å². The van der Waals surface area contributed by atoms with Crippen molar-refractivity contribution in [3.63, 3.8) is 0 Å². The molecule has 6 nitrogen and oxygen atoms in total. The lowest BCUT2D eigenvalue weighted by Gasteiger charge is -2.41. The smallest absolute Gasteiger partial charge is 0.290 e. The summed E-state index contributed by atoms with van der Waals surface area (Å²) in [5, 5.41) is 0. The topological polar surface area (TPSA) is 57.0 Å². The molecule has 2 amide bonds. The molecular weight excluding hydrogens is 452 g/mol. The first-order chi connectivity index (χ1) is 17.0. The molecule has 2 fully saturated rings. The summed E-state index contributed by atoms with van der Waals surface area (Å²) in [7, 11) is 0. The van der Waals surface area contributed by atoms with E-state index in [-0.39, 0.29) is 35.3 Å². The number of hydrogen-bond donors (Lipinski definition) is 0. The van der Waals surface area contributed by atoms with Gasteiger partial charge in [0.25, 0.3) is 5.91 Å². The van der Waals surface area contributed by atoms with E-state index in [2.05, 4.69) is 4.90 Å². The van der Waals surface area contributed by atoms with Gasteiger partial charge in [0.1, 0.15) is 17.7 Å². The number of hydrogen-bond acceptors (Lipinski definition) is 4. The van der Waals surface area contributed by atoms with E-state index < -0.39 is 6.04 Å². The highest BCUT2D eigenvalue weighted by Crippen LogP contribution is 2.31. The Kier molecular flexibility index (Phi) is 6.63. The molecule has 3 heterocycles. The number of carbonyl (C=O) groups excluding carboxylic acids is 2. The Morgan fingerprint density at radius 2 is 1.43 bits per heavy atom. The maximum atomic E-state index is 13.6. The van der Waals surface area contributed by atoms with Crippen LogP contribution in [0.3, 0.4) is 0 Å². The zero-order valence-corrected chi connectivity index (χ0v) is 19.3. The van der Waals surface area contributed by atoms with E-state index >= 15 is 0 Å². The maximum Gasteiger partial charge on any atom is 0.290 e. The largest absolute Gasteiger partial charge is 0.459 e. The maximum absolute atomic E-state index is 13.6. The Bertz CT molecular complexity index is 1110. The molecule has 0 spiro atoms. The minimum atomic E-state index is -0.482. The van der Waals surface area contributed by atoms with Crippen LogP contribution in [-0.4, -0.2) is 65.3 Å². The highest BCUT2D eigenvalue weighted by atomic mass is 19.1. The van der Waals surface area contributed by atoms with Crippen LogP contribution in [0.5, 0.6) is 0 Å².